The van der Waals surface area contributed by atoms with Gasteiger partial charge in [0.15, 0.2) is 24.6 Å². The maximum atomic E-state index is 13.6. The fraction of sp³-hybridized carbons (Fsp3) is 0.244. The van der Waals surface area contributed by atoms with Gasteiger partial charge in [0.25, 0.3) is 0 Å². The van der Waals surface area contributed by atoms with Crippen molar-refractivity contribution in [2.75, 3.05) is 19.8 Å². The van der Waals surface area contributed by atoms with Gasteiger partial charge in [-0.1, -0.05) is 103 Å². The topological polar surface area (TPSA) is 147 Å². The highest BCUT2D eigenvalue weighted by molar-refractivity contribution is 5.91. The van der Waals surface area contributed by atoms with Gasteiger partial charge in [-0.05, 0) is 65.1 Å². The van der Waals surface area contributed by atoms with Crippen LogP contribution >= 0.6 is 0 Å². The molecule has 0 radical (unpaired) electrons. The van der Waals surface area contributed by atoms with Crippen molar-refractivity contribution in [1.82, 2.24) is 5.32 Å². The molecule has 1 amide bonds. The third-order valence-electron chi connectivity index (χ3n) is 9.81. The molecule has 286 valence electrons. The number of nitrogens with one attached hydrogen (secondary N) is 1. The SMILES string of the molecule is O=C(CC1c2ccccc2-c2ccccc21)NCCCO[C@H]1O[C@H](CO)[C@@H](OC(=O)c2ccccc2)[C@H](OC(=O)c2ccccc2)[C@@H]1OC(=O)c1ccccc1. The Morgan fingerprint density at radius 3 is 1.52 bits per heavy atom. The van der Waals surface area contributed by atoms with E-state index < -0.39 is 55.2 Å². The second kappa shape index (κ2) is 18.0. The smallest absolute Gasteiger partial charge is 0.338 e. The number of aliphatic hydroxyl groups excluding tert-OH is 1. The number of hydrogen-bond donors (Lipinski definition) is 2. The summed E-state index contributed by atoms with van der Waals surface area (Å²) in [4.78, 5) is 53.7. The predicted molar refractivity (Wildman–Crippen MR) is 205 cm³/mol. The molecule has 11 heteroatoms. The molecule has 2 aliphatic rings. The summed E-state index contributed by atoms with van der Waals surface area (Å²) in [6, 6.07) is 40.7. The van der Waals surface area contributed by atoms with Crippen LogP contribution in [0.1, 0.15) is 61.0 Å². The molecule has 56 heavy (non-hydrogen) atoms. The van der Waals surface area contributed by atoms with E-state index >= 15 is 0 Å². The monoisotopic (exact) mass is 755 g/mol. The Labute approximate surface area is 324 Å². The van der Waals surface area contributed by atoms with Gasteiger partial charge in [-0.15, -0.1) is 0 Å². The van der Waals surface area contributed by atoms with Crippen LogP contribution in [0.25, 0.3) is 11.1 Å². The summed E-state index contributed by atoms with van der Waals surface area (Å²) in [6.45, 7) is -0.372. The van der Waals surface area contributed by atoms with Crippen LogP contribution in [-0.4, -0.2) is 79.4 Å². The Morgan fingerprint density at radius 1 is 0.571 bits per heavy atom. The number of esters is 3. The Kier molecular flexibility index (Phi) is 12.3. The Hall–Kier alpha value is -6.14. The molecular formula is C45H41NO10. The molecule has 1 aliphatic carbocycles. The normalized spacial score (nSPS) is 19.9. The summed E-state index contributed by atoms with van der Waals surface area (Å²) in [5.74, 6) is -2.52. The first kappa shape index (κ1) is 38.1. The standard InChI is InChI=1S/C45H41NO10/c47-28-37-39(54-42(49)29-15-4-1-5-16-29)40(55-43(50)30-17-6-2-7-18-30)41(56-44(51)31-19-8-3-9-20-31)45(53-37)52-26-14-25-46-38(48)27-36-34-23-12-10-21-32(34)33-22-11-13-24-35(33)36/h1-13,15-24,36-37,39-41,45,47H,14,25-28H2,(H,46,48)/t37-,39-,40+,41+,45+/m1/s1. The predicted octanol–water partition coefficient (Wildman–Crippen LogP) is 6.11. The van der Waals surface area contributed by atoms with Crippen LogP contribution < -0.4 is 5.32 Å². The minimum atomic E-state index is -1.48. The molecule has 5 aromatic carbocycles. The summed E-state index contributed by atoms with van der Waals surface area (Å²) < 4.78 is 30.1. The van der Waals surface area contributed by atoms with E-state index in [1.807, 2.05) is 24.3 Å². The average Bonchev–Trinajstić information content (AvgIpc) is 3.55. The molecule has 11 nitrogen and oxygen atoms in total. The number of aliphatic hydroxyl groups is 1. The van der Waals surface area contributed by atoms with Crippen LogP contribution in [0.5, 0.6) is 0 Å². The van der Waals surface area contributed by atoms with E-state index in [9.17, 15) is 24.3 Å². The minimum absolute atomic E-state index is 0.0192. The van der Waals surface area contributed by atoms with Crippen molar-refractivity contribution in [2.24, 2.45) is 0 Å². The quantitative estimate of drug-likeness (QED) is 0.0774. The van der Waals surface area contributed by atoms with Gasteiger partial charge < -0.3 is 34.1 Å². The van der Waals surface area contributed by atoms with Gasteiger partial charge in [-0.3, -0.25) is 4.79 Å². The first-order chi connectivity index (χ1) is 27.4. The molecule has 0 aromatic heterocycles. The number of rotatable bonds is 14. The zero-order valence-corrected chi connectivity index (χ0v) is 30.4. The van der Waals surface area contributed by atoms with Crippen LogP contribution in [-0.2, 0) is 28.5 Å². The summed E-state index contributed by atoms with van der Waals surface area (Å²) in [5, 5.41) is 13.5. The molecule has 1 saturated heterocycles. The van der Waals surface area contributed by atoms with Crippen molar-refractivity contribution in [3.63, 3.8) is 0 Å². The summed E-state index contributed by atoms with van der Waals surface area (Å²) in [7, 11) is 0. The molecule has 5 aromatic rings. The second-order valence-corrected chi connectivity index (χ2v) is 13.4. The van der Waals surface area contributed by atoms with Gasteiger partial charge in [0.2, 0.25) is 5.91 Å². The van der Waals surface area contributed by atoms with Gasteiger partial charge in [-0.25, -0.2) is 14.4 Å². The fourth-order valence-electron chi connectivity index (χ4n) is 7.10. The lowest BCUT2D eigenvalue weighted by Crippen LogP contribution is -2.63. The largest absolute Gasteiger partial charge is 0.452 e. The fourth-order valence-corrected chi connectivity index (χ4v) is 7.10. The minimum Gasteiger partial charge on any atom is -0.452 e. The van der Waals surface area contributed by atoms with E-state index in [4.69, 9.17) is 23.7 Å². The molecular weight excluding hydrogens is 714 g/mol. The van der Waals surface area contributed by atoms with Crippen molar-refractivity contribution in [3.05, 3.63) is 167 Å². The van der Waals surface area contributed by atoms with E-state index in [0.29, 0.717) is 6.42 Å². The van der Waals surface area contributed by atoms with Crippen molar-refractivity contribution in [3.8, 4) is 11.1 Å². The first-order valence-corrected chi connectivity index (χ1v) is 18.5. The molecule has 1 fully saturated rings. The summed E-state index contributed by atoms with van der Waals surface area (Å²) in [5.41, 5.74) is 5.11. The van der Waals surface area contributed by atoms with E-state index in [1.165, 1.54) is 0 Å². The zero-order chi connectivity index (χ0) is 38.9. The number of amides is 1. The van der Waals surface area contributed by atoms with Crippen LogP contribution in [0.3, 0.4) is 0 Å². The molecule has 0 saturated carbocycles. The number of ether oxygens (including phenoxy) is 5. The van der Waals surface area contributed by atoms with Crippen molar-refractivity contribution in [1.29, 1.82) is 0 Å². The van der Waals surface area contributed by atoms with Gasteiger partial charge in [0, 0.05) is 18.9 Å². The molecule has 5 atom stereocenters. The molecule has 1 aliphatic heterocycles. The van der Waals surface area contributed by atoms with Gasteiger partial charge in [-0.2, -0.15) is 0 Å². The molecule has 2 N–H and O–H groups in total. The number of hydrogen-bond acceptors (Lipinski definition) is 10. The molecule has 1 heterocycles. The van der Waals surface area contributed by atoms with E-state index in [-0.39, 0.29) is 48.1 Å². The highest BCUT2D eigenvalue weighted by Gasteiger charge is 2.53. The maximum absolute atomic E-state index is 13.6. The molecule has 7 rings (SSSR count). The van der Waals surface area contributed by atoms with Crippen LogP contribution in [0.4, 0.5) is 0 Å². The zero-order valence-electron chi connectivity index (χ0n) is 30.4. The third-order valence-corrected chi connectivity index (χ3v) is 9.81. The summed E-state index contributed by atoms with van der Waals surface area (Å²) >= 11 is 0. The average molecular weight is 756 g/mol. The number of benzene rings is 5. The third kappa shape index (κ3) is 8.71. The van der Waals surface area contributed by atoms with E-state index in [0.717, 1.165) is 22.3 Å². The van der Waals surface area contributed by atoms with E-state index in [2.05, 4.69) is 29.6 Å². The highest BCUT2D eigenvalue weighted by atomic mass is 16.7. The van der Waals surface area contributed by atoms with Crippen molar-refractivity contribution >= 4 is 23.8 Å². The molecule has 0 unspecified atom stereocenters. The lowest BCUT2D eigenvalue weighted by molar-refractivity contribution is -0.298. The number of carbonyl (C=O) groups excluding carboxylic acids is 4. The van der Waals surface area contributed by atoms with Crippen LogP contribution in [0, 0.1) is 0 Å². The van der Waals surface area contributed by atoms with Crippen molar-refractivity contribution < 1.29 is 48.0 Å². The van der Waals surface area contributed by atoms with E-state index in [1.54, 1.807) is 91.0 Å². The van der Waals surface area contributed by atoms with Crippen LogP contribution in [0.2, 0.25) is 0 Å². The maximum Gasteiger partial charge on any atom is 0.338 e. The van der Waals surface area contributed by atoms with Gasteiger partial charge in [0.1, 0.15) is 6.10 Å². The lowest BCUT2D eigenvalue weighted by atomic mass is 9.93. The Bertz CT molecular complexity index is 2080. The summed E-state index contributed by atoms with van der Waals surface area (Å²) in [6.07, 6.45) is -6.35. The Balaban J connectivity index is 1.07. The second-order valence-electron chi connectivity index (χ2n) is 13.4. The van der Waals surface area contributed by atoms with Gasteiger partial charge in [0.05, 0.1) is 29.9 Å². The Morgan fingerprint density at radius 2 is 1.02 bits per heavy atom. The lowest BCUT2D eigenvalue weighted by Gasteiger charge is -2.44. The first-order valence-electron chi connectivity index (χ1n) is 18.5. The number of carbonyl (C=O) groups is 4. The number of fused-ring (bicyclic) bond motifs is 3. The highest BCUT2D eigenvalue weighted by Crippen LogP contribution is 2.46. The van der Waals surface area contributed by atoms with Gasteiger partial charge >= 0.3 is 17.9 Å². The molecule has 0 spiro atoms. The van der Waals surface area contributed by atoms with Crippen LogP contribution in [0.15, 0.2) is 140 Å². The van der Waals surface area contributed by atoms with Crippen molar-refractivity contribution in [2.45, 2.75) is 49.5 Å². The molecule has 0 bridgehead atoms.